The van der Waals surface area contributed by atoms with Crippen molar-refractivity contribution in [1.82, 2.24) is 4.57 Å². The Hall–Kier alpha value is -5.86. The van der Waals surface area contributed by atoms with Gasteiger partial charge in [-0.2, -0.15) is 0 Å². The van der Waals surface area contributed by atoms with Gasteiger partial charge in [-0.05, 0) is 121 Å². The van der Waals surface area contributed by atoms with Crippen LogP contribution in [-0.4, -0.2) is 4.57 Å². The van der Waals surface area contributed by atoms with Crippen LogP contribution in [0.4, 0.5) is 17.1 Å². The molecule has 0 bridgehead atoms. The Morgan fingerprint density at radius 1 is 0.440 bits per heavy atom. The lowest BCUT2D eigenvalue weighted by Gasteiger charge is -2.26. The van der Waals surface area contributed by atoms with E-state index in [-0.39, 0.29) is 5.41 Å². The van der Waals surface area contributed by atoms with E-state index in [0.29, 0.717) is 0 Å². The molecule has 0 amide bonds. The molecule has 1 aromatic heterocycles. The zero-order chi connectivity index (χ0) is 34.1. The summed E-state index contributed by atoms with van der Waals surface area (Å²) in [4.78, 5) is 2.38. The van der Waals surface area contributed by atoms with Crippen molar-refractivity contribution in [1.29, 1.82) is 0 Å². The molecule has 0 N–H and O–H groups in total. The van der Waals surface area contributed by atoms with E-state index in [0.717, 1.165) is 17.1 Å². The van der Waals surface area contributed by atoms with Gasteiger partial charge < -0.3 is 9.47 Å². The summed E-state index contributed by atoms with van der Waals surface area (Å²) < 4.78 is 2.39. The number of hydrogen-bond acceptors (Lipinski definition) is 1. The van der Waals surface area contributed by atoms with E-state index in [2.05, 4.69) is 196 Å². The van der Waals surface area contributed by atoms with E-state index < -0.39 is 0 Å². The molecule has 8 aromatic rings. The first-order chi connectivity index (χ1) is 24.3. The van der Waals surface area contributed by atoms with Crippen LogP contribution >= 0.6 is 0 Å². The third kappa shape index (κ3) is 4.78. The summed E-state index contributed by atoms with van der Waals surface area (Å²) in [6, 6.07) is 56.3. The van der Waals surface area contributed by atoms with Crippen molar-refractivity contribution < 1.29 is 0 Å². The van der Waals surface area contributed by atoms with Gasteiger partial charge in [-0.25, -0.2) is 0 Å². The SMILES string of the molecule is Cc1ccc(N(c2ccc(-c3ccc4c(c3)C(C)(C)c3cc(C)ccc3-4)cc2)c2ccc3c(c2)c2ccccc2n3-c2ccc(C)cc2)cc1. The summed E-state index contributed by atoms with van der Waals surface area (Å²) in [5.74, 6) is 0. The Morgan fingerprint density at radius 3 is 1.70 bits per heavy atom. The molecule has 2 nitrogen and oxygen atoms in total. The lowest BCUT2D eigenvalue weighted by Crippen LogP contribution is -2.15. The second-order valence-corrected chi connectivity index (χ2v) is 14.5. The number of benzene rings is 7. The second kappa shape index (κ2) is 11.4. The summed E-state index contributed by atoms with van der Waals surface area (Å²) in [6.07, 6.45) is 0. The molecule has 0 aliphatic heterocycles. The van der Waals surface area contributed by atoms with Crippen molar-refractivity contribution in [2.24, 2.45) is 0 Å². The molecule has 0 unspecified atom stereocenters. The second-order valence-electron chi connectivity index (χ2n) is 14.5. The van der Waals surface area contributed by atoms with Crippen LogP contribution in [-0.2, 0) is 5.41 Å². The average molecular weight is 645 g/mol. The Morgan fingerprint density at radius 2 is 0.980 bits per heavy atom. The van der Waals surface area contributed by atoms with Crippen molar-refractivity contribution in [2.45, 2.75) is 40.0 Å². The Balaban J connectivity index is 1.14. The number of aryl methyl sites for hydroxylation is 3. The summed E-state index contributed by atoms with van der Waals surface area (Å²) in [5, 5.41) is 2.49. The van der Waals surface area contributed by atoms with Crippen LogP contribution < -0.4 is 4.90 Å². The van der Waals surface area contributed by atoms with E-state index in [4.69, 9.17) is 0 Å². The van der Waals surface area contributed by atoms with Gasteiger partial charge in [-0.15, -0.1) is 0 Å². The molecule has 1 aliphatic rings. The van der Waals surface area contributed by atoms with E-state index in [1.165, 1.54) is 77.6 Å². The zero-order valence-corrected chi connectivity index (χ0v) is 29.3. The number of nitrogens with zero attached hydrogens (tertiary/aromatic N) is 2. The maximum Gasteiger partial charge on any atom is 0.0542 e. The molecule has 1 aliphatic carbocycles. The van der Waals surface area contributed by atoms with Crippen LogP contribution in [0.2, 0.25) is 0 Å². The van der Waals surface area contributed by atoms with Crippen molar-refractivity contribution in [3.63, 3.8) is 0 Å². The van der Waals surface area contributed by atoms with Gasteiger partial charge in [0.1, 0.15) is 0 Å². The molecule has 7 aromatic carbocycles. The van der Waals surface area contributed by atoms with Crippen molar-refractivity contribution in [3.8, 4) is 27.9 Å². The predicted molar refractivity (Wildman–Crippen MR) is 213 cm³/mol. The van der Waals surface area contributed by atoms with Gasteiger partial charge in [0.2, 0.25) is 0 Å². The minimum absolute atomic E-state index is 0.0316. The van der Waals surface area contributed by atoms with Gasteiger partial charge in [0.05, 0.1) is 11.0 Å². The molecule has 0 saturated carbocycles. The van der Waals surface area contributed by atoms with Gasteiger partial charge in [-0.1, -0.05) is 115 Å². The zero-order valence-electron chi connectivity index (χ0n) is 29.3. The molecule has 0 saturated heterocycles. The number of hydrogen-bond donors (Lipinski definition) is 0. The number of fused-ring (bicyclic) bond motifs is 6. The van der Waals surface area contributed by atoms with E-state index in [9.17, 15) is 0 Å². The van der Waals surface area contributed by atoms with Crippen molar-refractivity contribution in [2.75, 3.05) is 4.90 Å². The highest BCUT2D eigenvalue weighted by Crippen LogP contribution is 2.50. The fourth-order valence-electron chi connectivity index (χ4n) is 8.05. The molecule has 242 valence electrons. The molecule has 0 radical (unpaired) electrons. The molecule has 1 heterocycles. The van der Waals surface area contributed by atoms with Gasteiger partial charge >= 0.3 is 0 Å². The van der Waals surface area contributed by atoms with Crippen LogP contribution in [0.3, 0.4) is 0 Å². The molecular formula is C48H40N2. The summed E-state index contributed by atoms with van der Waals surface area (Å²) >= 11 is 0. The third-order valence-corrected chi connectivity index (χ3v) is 10.8. The standard InChI is InChI=1S/C48H40N2/c1-31-10-18-36(19-11-31)49(39-24-27-47-43(30-39)42-8-6-7-9-46(42)50(47)38-20-12-32(2)13-21-38)37-22-15-34(16-23-37)35-17-26-41-40-25-14-33(3)28-44(40)48(4,5)45(41)29-35/h6-30H,1-5H3. The monoisotopic (exact) mass is 644 g/mol. The van der Waals surface area contributed by atoms with E-state index >= 15 is 0 Å². The normalized spacial score (nSPS) is 13.1. The topological polar surface area (TPSA) is 8.17 Å². The first kappa shape index (κ1) is 30.2. The van der Waals surface area contributed by atoms with Crippen LogP contribution in [0.25, 0.3) is 49.7 Å². The molecule has 0 atom stereocenters. The maximum atomic E-state index is 2.41. The van der Waals surface area contributed by atoms with E-state index in [1.54, 1.807) is 0 Å². The van der Waals surface area contributed by atoms with Crippen LogP contribution in [0.1, 0.15) is 41.7 Å². The molecule has 9 rings (SSSR count). The van der Waals surface area contributed by atoms with Gasteiger partial charge in [0.25, 0.3) is 0 Å². The van der Waals surface area contributed by atoms with Crippen LogP contribution in [0.5, 0.6) is 0 Å². The first-order valence-corrected chi connectivity index (χ1v) is 17.6. The minimum Gasteiger partial charge on any atom is -0.310 e. The summed E-state index contributed by atoms with van der Waals surface area (Å²) in [7, 11) is 0. The van der Waals surface area contributed by atoms with Gasteiger partial charge in [0, 0.05) is 38.9 Å². The fraction of sp³-hybridized carbons (Fsp3) is 0.125. The minimum atomic E-state index is -0.0316. The van der Waals surface area contributed by atoms with Crippen LogP contribution in [0.15, 0.2) is 152 Å². The van der Waals surface area contributed by atoms with Crippen molar-refractivity contribution >= 4 is 38.9 Å². The van der Waals surface area contributed by atoms with E-state index in [1.807, 2.05) is 0 Å². The number of aromatic nitrogens is 1. The highest BCUT2D eigenvalue weighted by Gasteiger charge is 2.35. The molecule has 2 heteroatoms. The maximum absolute atomic E-state index is 2.41. The average Bonchev–Trinajstić information content (AvgIpc) is 3.57. The van der Waals surface area contributed by atoms with Crippen molar-refractivity contribution in [3.05, 3.63) is 179 Å². The lowest BCUT2D eigenvalue weighted by atomic mass is 9.81. The highest BCUT2D eigenvalue weighted by atomic mass is 15.1. The predicted octanol–water partition coefficient (Wildman–Crippen LogP) is 13.2. The number of para-hydroxylation sites is 1. The number of rotatable bonds is 5. The molecule has 0 fully saturated rings. The number of anilines is 3. The lowest BCUT2D eigenvalue weighted by molar-refractivity contribution is 0.660. The summed E-state index contributed by atoms with van der Waals surface area (Å²) in [6.45, 7) is 11.2. The fourth-order valence-corrected chi connectivity index (χ4v) is 8.05. The highest BCUT2D eigenvalue weighted by molar-refractivity contribution is 6.10. The smallest absolute Gasteiger partial charge is 0.0542 e. The Labute approximate surface area is 294 Å². The largest absolute Gasteiger partial charge is 0.310 e. The molecule has 50 heavy (non-hydrogen) atoms. The first-order valence-electron chi connectivity index (χ1n) is 17.6. The third-order valence-electron chi connectivity index (χ3n) is 10.8. The van der Waals surface area contributed by atoms with Crippen LogP contribution in [0, 0.1) is 20.8 Å². The molecular weight excluding hydrogens is 605 g/mol. The Bertz CT molecular complexity index is 2570. The molecule has 0 spiro atoms. The summed E-state index contributed by atoms with van der Waals surface area (Å²) in [5.41, 5.74) is 18.8. The quantitative estimate of drug-likeness (QED) is 0.181. The van der Waals surface area contributed by atoms with Gasteiger partial charge in [0.15, 0.2) is 0 Å². The Kier molecular flexibility index (Phi) is 6.86. The van der Waals surface area contributed by atoms with Gasteiger partial charge in [-0.3, -0.25) is 0 Å².